The van der Waals surface area contributed by atoms with Crippen LogP contribution in [-0.4, -0.2) is 22.7 Å². The number of carbonyl (C=O) groups is 2. The Balaban J connectivity index is 2.48. The molecule has 0 radical (unpaired) electrons. The second-order valence-corrected chi connectivity index (χ2v) is 5.99. The number of anilines is 1. The van der Waals surface area contributed by atoms with Crippen LogP contribution in [-0.2, 0) is 15.1 Å². The van der Waals surface area contributed by atoms with Crippen LogP contribution < -0.4 is 4.90 Å². The molecule has 112 valence electrons. The maximum atomic E-state index is 12.5. The molecule has 2 amide bonds. The summed E-state index contributed by atoms with van der Waals surface area (Å²) >= 11 is 0. The summed E-state index contributed by atoms with van der Waals surface area (Å²) in [5.41, 5.74) is -1.76. The van der Waals surface area contributed by atoms with Crippen molar-refractivity contribution in [2.45, 2.75) is 38.4 Å². The molecular weight excluding hydrogens is 270 g/mol. The molecule has 0 bridgehead atoms. The minimum Gasteiger partial charge on any atom is -0.443 e. The Hall–Kier alpha value is -2.14. The first-order valence-corrected chi connectivity index (χ1v) is 6.71. The molecule has 0 saturated heterocycles. The number of para-hydroxylation sites is 1. The molecule has 1 heterocycles. The number of hydrogen-bond acceptors (Lipinski definition) is 4. The van der Waals surface area contributed by atoms with Gasteiger partial charge in [0.05, 0.1) is 5.69 Å². The lowest BCUT2D eigenvalue weighted by atomic mass is 9.92. The highest BCUT2D eigenvalue weighted by Gasteiger charge is 2.52. The van der Waals surface area contributed by atoms with Crippen molar-refractivity contribution in [3.8, 4) is 0 Å². The smallest absolute Gasteiger partial charge is 0.421 e. The molecule has 0 unspecified atom stereocenters. The summed E-state index contributed by atoms with van der Waals surface area (Å²) in [5, 5.41) is 10.7. The first kappa shape index (κ1) is 15.3. The lowest BCUT2D eigenvalue weighted by Gasteiger charge is -2.25. The lowest BCUT2D eigenvalue weighted by molar-refractivity contribution is -0.135. The van der Waals surface area contributed by atoms with E-state index in [0.29, 0.717) is 11.3 Å². The maximum absolute atomic E-state index is 12.5. The summed E-state index contributed by atoms with van der Waals surface area (Å²) in [6, 6.07) is 6.64. The highest BCUT2D eigenvalue weighted by Crippen LogP contribution is 2.42. The van der Waals surface area contributed by atoms with E-state index in [4.69, 9.17) is 4.74 Å². The van der Waals surface area contributed by atoms with E-state index in [2.05, 4.69) is 6.58 Å². The van der Waals surface area contributed by atoms with Crippen molar-refractivity contribution in [1.82, 2.24) is 0 Å². The molecule has 0 saturated carbocycles. The van der Waals surface area contributed by atoms with E-state index in [9.17, 15) is 14.7 Å². The van der Waals surface area contributed by atoms with Crippen molar-refractivity contribution in [2.24, 2.45) is 0 Å². The Morgan fingerprint density at radius 1 is 1.43 bits per heavy atom. The van der Waals surface area contributed by atoms with Gasteiger partial charge >= 0.3 is 6.09 Å². The molecule has 1 aromatic rings. The molecule has 0 spiro atoms. The van der Waals surface area contributed by atoms with E-state index < -0.39 is 23.2 Å². The third-order valence-electron chi connectivity index (χ3n) is 3.16. The monoisotopic (exact) mass is 289 g/mol. The van der Waals surface area contributed by atoms with Gasteiger partial charge in [-0.1, -0.05) is 24.3 Å². The van der Waals surface area contributed by atoms with Crippen molar-refractivity contribution in [2.75, 3.05) is 4.90 Å². The molecule has 1 atom stereocenters. The Bertz CT molecular complexity index is 603. The number of benzene rings is 1. The number of hydrogen-bond donors (Lipinski definition) is 1. The minimum absolute atomic E-state index is 0.0299. The zero-order valence-electron chi connectivity index (χ0n) is 12.4. The van der Waals surface area contributed by atoms with Crippen LogP contribution in [0.1, 0.15) is 32.8 Å². The van der Waals surface area contributed by atoms with Crippen molar-refractivity contribution in [1.29, 1.82) is 0 Å². The molecule has 5 nitrogen and oxygen atoms in total. The van der Waals surface area contributed by atoms with E-state index in [1.165, 1.54) is 6.08 Å². The fourth-order valence-corrected chi connectivity index (χ4v) is 2.32. The van der Waals surface area contributed by atoms with E-state index in [1.54, 1.807) is 45.0 Å². The molecule has 1 aliphatic rings. The average molecular weight is 289 g/mol. The summed E-state index contributed by atoms with van der Waals surface area (Å²) in [4.78, 5) is 25.7. The predicted molar refractivity (Wildman–Crippen MR) is 78.9 cm³/mol. The van der Waals surface area contributed by atoms with Crippen LogP contribution in [0.2, 0.25) is 0 Å². The van der Waals surface area contributed by atoms with Crippen LogP contribution in [0.3, 0.4) is 0 Å². The highest BCUT2D eigenvalue weighted by molar-refractivity contribution is 6.20. The quantitative estimate of drug-likeness (QED) is 0.850. The number of rotatable bonds is 2. The number of fused-ring (bicyclic) bond motifs is 1. The SMILES string of the molecule is C=CC[C@]1(O)C(=O)N(C(=O)OC(C)(C)C)c2ccccc21. The van der Waals surface area contributed by atoms with Crippen LogP contribution in [0.5, 0.6) is 0 Å². The molecule has 5 heteroatoms. The van der Waals surface area contributed by atoms with Gasteiger partial charge in [0.1, 0.15) is 5.60 Å². The van der Waals surface area contributed by atoms with Crippen LogP contribution in [0.25, 0.3) is 0 Å². The van der Waals surface area contributed by atoms with Gasteiger partial charge in [-0.3, -0.25) is 4.79 Å². The summed E-state index contributed by atoms with van der Waals surface area (Å²) in [6.45, 7) is 8.71. The van der Waals surface area contributed by atoms with Crippen LogP contribution in [0, 0.1) is 0 Å². The second kappa shape index (κ2) is 5.00. The highest BCUT2D eigenvalue weighted by atomic mass is 16.6. The second-order valence-electron chi connectivity index (χ2n) is 5.99. The summed E-state index contributed by atoms with van der Waals surface area (Å²) < 4.78 is 5.25. The first-order valence-electron chi connectivity index (χ1n) is 6.71. The molecule has 21 heavy (non-hydrogen) atoms. The molecule has 0 aromatic heterocycles. The standard InChI is InChI=1S/C16H19NO4/c1-5-10-16(20)11-8-6-7-9-12(11)17(13(16)18)14(19)21-15(2,3)4/h5-9,20H,1,10H2,2-4H3/t16-/m1/s1. The summed E-state index contributed by atoms with van der Waals surface area (Å²) in [7, 11) is 0. The number of imide groups is 1. The van der Waals surface area contributed by atoms with Crippen molar-refractivity contribution < 1.29 is 19.4 Å². The van der Waals surface area contributed by atoms with Crippen molar-refractivity contribution in [3.63, 3.8) is 0 Å². The van der Waals surface area contributed by atoms with Crippen LogP contribution in [0.15, 0.2) is 36.9 Å². The average Bonchev–Trinajstić information content (AvgIpc) is 2.58. The Kier molecular flexibility index (Phi) is 3.63. The topological polar surface area (TPSA) is 66.8 Å². The Morgan fingerprint density at radius 3 is 2.62 bits per heavy atom. The van der Waals surface area contributed by atoms with E-state index in [0.717, 1.165) is 4.90 Å². The number of aliphatic hydroxyl groups is 1. The van der Waals surface area contributed by atoms with Gasteiger partial charge in [0.2, 0.25) is 0 Å². The Morgan fingerprint density at radius 2 is 2.05 bits per heavy atom. The van der Waals surface area contributed by atoms with Crippen LogP contribution >= 0.6 is 0 Å². The van der Waals surface area contributed by atoms with E-state index in [-0.39, 0.29) is 6.42 Å². The molecule has 2 rings (SSSR count). The molecule has 0 aliphatic carbocycles. The van der Waals surface area contributed by atoms with Gasteiger partial charge in [-0.2, -0.15) is 0 Å². The van der Waals surface area contributed by atoms with Crippen molar-refractivity contribution in [3.05, 3.63) is 42.5 Å². The summed E-state index contributed by atoms with van der Waals surface area (Å²) in [6.07, 6.45) is 0.690. The largest absolute Gasteiger partial charge is 0.443 e. The number of nitrogens with zero attached hydrogens (tertiary/aromatic N) is 1. The van der Waals surface area contributed by atoms with Gasteiger partial charge in [-0.05, 0) is 26.8 Å². The number of ether oxygens (including phenoxy) is 1. The van der Waals surface area contributed by atoms with Crippen LogP contribution in [0.4, 0.5) is 10.5 Å². The maximum Gasteiger partial charge on any atom is 0.421 e. The van der Waals surface area contributed by atoms with Gasteiger partial charge in [0.15, 0.2) is 5.60 Å². The first-order chi connectivity index (χ1) is 9.70. The number of carbonyl (C=O) groups excluding carboxylic acids is 2. The molecule has 1 aliphatic heterocycles. The molecular formula is C16H19NO4. The van der Waals surface area contributed by atoms with E-state index in [1.807, 2.05) is 0 Å². The zero-order chi connectivity index (χ0) is 15.8. The van der Waals surface area contributed by atoms with Gasteiger partial charge < -0.3 is 9.84 Å². The molecule has 1 N–H and O–H groups in total. The number of amides is 2. The fourth-order valence-electron chi connectivity index (χ4n) is 2.32. The normalized spacial score (nSPS) is 21.1. The third-order valence-corrected chi connectivity index (χ3v) is 3.16. The minimum atomic E-state index is -1.77. The van der Waals surface area contributed by atoms with Gasteiger partial charge in [-0.15, -0.1) is 6.58 Å². The molecule has 1 aromatic carbocycles. The van der Waals surface area contributed by atoms with E-state index >= 15 is 0 Å². The predicted octanol–water partition coefficient (Wildman–Crippen LogP) is 2.73. The van der Waals surface area contributed by atoms with Gasteiger partial charge in [0, 0.05) is 12.0 Å². The molecule has 0 fully saturated rings. The lowest BCUT2D eigenvalue weighted by Crippen LogP contribution is -2.45. The fraction of sp³-hybridized carbons (Fsp3) is 0.375. The van der Waals surface area contributed by atoms with Crippen molar-refractivity contribution >= 4 is 17.7 Å². The third kappa shape index (κ3) is 2.56. The summed E-state index contributed by atoms with van der Waals surface area (Å²) in [5.74, 6) is -0.710. The van der Waals surface area contributed by atoms with Gasteiger partial charge in [-0.25, -0.2) is 9.69 Å². The Labute approximate surface area is 123 Å². The van der Waals surface area contributed by atoms with Gasteiger partial charge in [0.25, 0.3) is 5.91 Å². The zero-order valence-corrected chi connectivity index (χ0v) is 12.4.